The van der Waals surface area contributed by atoms with Crippen molar-refractivity contribution in [3.63, 3.8) is 0 Å². The molecule has 0 bridgehead atoms. The van der Waals surface area contributed by atoms with Crippen LogP contribution in [0.4, 0.5) is 0 Å². The number of piperidine rings is 1. The molecule has 0 amide bonds. The van der Waals surface area contributed by atoms with Gasteiger partial charge in [0.05, 0.1) is 0 Å². The average Bonchev–Trinajstić information content (AvgIpc) is 2.61. The minimum Gasteiger partial charge on any atom is -0.370 e. The van der Waals surface area contributed by atoms with E-state index in [1.165, 1.54) is 12.8 Å². The van der Waals surface area contributed by atoms with Gasteiger partial charge in [0, 0.05) is 31.0 Å². The Labute approximate surface area is 137 Å². The number of likely N-dealkylation sites (tertiary alicyclic amines) is 1. The number of aromatic nitrogens is 2. The lowest BCUT2D eigenvalue weighted by Crippen LogP contribution is -2.43. The molecule has 0 spiro atoms. The number of aliphatic imine (C=N–C) groups is 1. The van der Waals surface area contributed by atoms with Crippen LogP contribution in [0.25, 0.3) is 11.1 Å². The molecule has 2 N–H and O–H groups in total. The molecule has 1 aliphatic heterocycles. The molecular formula is C18H23N5. The lowest BCUT2D eigenvalue weighted by atomic mass is 10.0. The summed E-state index contributed by atoms with van der Waals surface area (Å²) in [6, 6.07) is 10.1. The minimum atomic E-state index is 0.422. The van der Waals surface area contributed by atoms with E-state index in [0.29, 0.717) is 24.2 Å². The van der Waals surface area contributed by atoms with E-state index < -0.39 is 0 Å². The van der Waals surface area contributed by atoms with Gasteiger partial charge in [-0.3, -0.25) is 0 Å². The molecule has 2 heterocycles. The zero-order valence-corrected chi connectivity index (χ0v) is 13.5. The molecule has 0 radical (unpaired) electrons. The third-order valence-corrected chi connectivity index (χ3v) is 4.18. The van der Waals surface area contributed by atoms with Crippen LogP contribution in [0, 0.1) is 5.92 Å². The van der Waals surface area contributed by atoms with Gasteiger partial charge < -0.3 is 10.6 Å². The highest BCUT2D eigenvalue weighted by Crippen LogP contribution is 2.17. The summed E-state index contributed by atoms with van der Waals surface area (Å²) in [4.78, 5) is 15.4. The second kappa shape index (κ2) is 7.22. The Kier molecular flexibility index (Phi) is 4.86. The van der Waals surface area contributed by atoms with Gasteiger partial charge in [0.25, 0.3) is 0 Å². The van der Waals surface area contributed by atoms with E-state index in [0.717, 1.165) is 24.2 Å². The molecule has 1 aliphatic rings. The van der Waals surface area contributed by atoms with Crippen molar-refractivity contribution in [1.29, 1.82) is 0 Å². The van der Waals surface area contributed by atoms with Crippen molar-refractivity contribution in [1.82, 2.24) is 14.9 Å². The first-order valence-corrected chi connectivity index (χ1v) is 8.13. The summed E-state index contributed by atoms with van der Waals surface area (Å²) in [6.45, 7) is 4.66. The number of hydrogen-bond donors (Lipinski definition) is 1. The fourth-order valence-electron chi connectivity index (χ4n) is 2.87. The van der Waals surface area contributed by atoms with E-state index in [-0.39, 0.29) is 0 Å². The first-order valence-electron chi connectivity index (χ1n) is 8.13. The fourth-order valence-corrected chi connectivity index (χ4v) is 2.87. The van der Waals surface area contributed by atoms with Crippen molar-refractivity contribution in [2.75, 3.05) is 13.1 Å². The Bertz CT molecular complexity index is 651. The van der Waals surface area contributed by atoms with Gasteiger partial charge in [-0.1, -0.05) is 37.3 Å². The van der Waals surface area contributed by atoms with Gasteiger partial charge in [0.15, 0.2) is 5.96 Å². The van der Waals surface area contributed by atoms with Gasteiger partial charge >= 0.3 is 0 Å². The Morgan fingerprint density at radius 2 is 1.96 bits per heavy atom. The first-order chi connectivity index (χ1) is 11.2. The standard InChI is InChI=1S/C18H23N5/c1-14-6-5-9-23(13-14)18(19)22-12-17-20-10-16(11-21-17)15-7-3-2-4-8-15/h2-4,7-8,10-11,14H,5-6,9,12-13H2,1H3,(H2,19,22). The molecule has 5 nitrogen and oxygen atoms in total. The van der Waals surface area contributed by atoms with Crippen molar-refractivity contribution in [2.45, 2.75) is 26.3 Å². The van der Waals surface area contributed by atoms with Gasteiger partial charge in [-0.2, -0.15) is 0 Å². The first kappa shape index (κ1) is 15.5. The van der Waals surface area contributed by atoms with E-state index in [9.17, 15) is 0 Å². The van der Waals surface area contributed by atoms with Gasteiger partial charge in [0.1, 0.15) is 12.4 Å². The number of nitrogens with zero attached hydrogens (tertiary/aromatic N) is 4. The SMILES string of the molecule is CC1CCCN(C(N)=NCc2ncc(-c3ccccc3)cn2)C1. The van der Waals surface area contributed by atoms with E-state index in [1.54, 1.807) is 0 Å². The maximum Gasteiger partial charge on any atom is 0.191 e. The molecule has 1 fully saturated rings. The van der Waals surface area contributed by atoms with Crippen LogP contribution in [0.15, 0.2) is 47.7 Å². The molecular weight excluding hydrogens is 286 g/mol. The van der Waals surface area contributed by atoms with E-state index >= 15 is 0 Å². The molecule has 1 atom stereocenters. The Morgan fingerprint density at radius 3 is 2.65 bits per heavy atom. The van der Waals surface area contributed by atoms with E-state index in [4.69, 9.17) is 5.73 Å². The second-order valence-corrected chi connectivity index (χ2v) is 6.12. The number of guanidine groups is 1. The molecule has 23 heavy (non-hydrogen) atoms. The molecule has 1 aromatic heterocycles. The fraction of sp³-hybridized carbons (Fsp3) is 0.389. The number of hydrogen-bond acceptors (Lipinski definition) is 3. The average molecular weight is 309 g/mol. The summed E-state index contributed by atoms with van der Waals surface area (Å²) < 4.78 is 0. The number of rotatable bonds is 3. The van der Waals surface area contributed by atoms with Crippen molar-refractivity contribution >= 4 is 5.96 Å². The largest absolute Gasteiger partial charge is 0.370 e. The lowest BCUT2D eigenvalue weighted by Gasteiger charge is -2.31. The zero-order chi connectivity index (χ0) is 16.1. The predicted octanol–water partition coefficient (Wildman–Crippen LogP) is 2.69. The highest BCUT2D eigenvalue weighted by Gasteiger charge is 2.17. The highest BCUT2D eigenvalue weighted by atomic mass is 15.3. The van der Waals surface area contributed by atoms with Crippen LogP contribution in [-0.2, 0) is 6.54 Å². The molecule has 120 valence electrons. The summed E-state index contributed by atoms with van der Waals surface area (Å²) in [5, 5.41) is 0. The lowest BCUT2D eigenvalue weighted by molar-refractivity contribution is 0.270. The minimum absolute atomic E-state index is 0.422. The maximum absolute atomic E-state index is 6.10. The smallest absolute Gasteiger partial charge is 0.191 e. The van der Waals surface area contributed by atoms with Crippen LogP contribution < -0.4 is 5.73 Å². The van der Waals surface area contributed by atoms with Crippen molar-refractivity contribution in [2.24, 2.45) is 16.6 Å². The van der Waals surface area contributed by atoms with Crippen LogP contribution in [0.1, 0.15) is 25.6 Å². The normalized spacial score (nSPS) is 18.9. The quantitative estimate of drug-likeness (QED) is 0.699. The van der Waals surface area contributed by atoms with Crippen molar-refractivity contribution in [3.05, 3.63) is 48.5 Å². The summed E-state index contributed by atoms with van der Waals surface area (Å²) in [7, 11) is 0. The summed E-state index contributed by atoms with van der Waals surface area (Å²) in [5.74, 6) is 1.98. The van der Waals surface area contributed by atoms with Gasteiger partial charge in [-0.05, 0) is 24.3 Å². The Hall–Kier alpha value is -2.43. The molecule has 5 heteroatoms. The highest BCUT2D eigenvalue weighted by molar-refractivity contribution is 5.78. The van der Waals surface area contributed by atoms with E-state index in [1.807, 2.05) is 42.7 Å². The molecule has 3 rings (SSSR count). The number of benzene rings is 1. The molecule has 1 unspecified atom stereocenters. The molecule has 2 aromatic rings. The Balaban J connectivity index is 1.63. The van der Waals surface area contributed by atoms with Crippen molar-refractivity contribution in [3.8, 4) is 11.1 Å². The van der Waals surface area contributed by atoms with Gasteiger partial charge in [0.2, 0.25) is 0 Å². The summed E-state index contributed by atoms with van der Waals surface area (Å²) >= 11 is 0. The number of nitrogens with two attached hydrogens (primary N) is 1. The zero-order valence-electron chi connectivity index (χ0n) is 13.5. The maximum atomic E-state index is 6.10. The van der Waals surface area contributed by atoms with Crippen LogP contribution in [0.3, 0.4) is 0 Å². The molecule has 1 aromatic carbocycles. The van der Waals surface area contributed by atoms with Gasteiger partial charge in [-0.15, -0.1) is 0 Å². The molecule has 0 aliphatic carbocycles. The predicted molar refractivity (Wildman–Crippen MR) is 92.8 cm³/mol. The van der Waals surface area contributed by atoms with E-state index in [2.05, 4.69) is 26.8 Å². The third kappa shape index (κ3) is 4.06. The third-order valence-electron chi connectivity index (χ3n) is 4.18. The second-order valence-electron chi connectivity index (χ2n) is 6.12. The van der Waals surface area contributed by atoms with Crippen LogP contribution in [-0.4, -0.2) is 33.9 Å². The van der Waals surface area contributed by atoms with Crippen LogP contribution >= 0.6 is 0 Å². The monoisotopic (exact) mass is 309 g/mol. The topological polar surface area (TPSA) is 67.4 Å². The molecule has 1 saturated heterocycles. The van der Waals surface area contributed by atoms with Gasteiger partial charge in [-0.25, -0.2) is 15.0 Å². The summed E-state index contributed by atoms with van der Waals surface area (Å²) in [6.07, 6.45) is 6.13. The van der Waals surface area contributed by atoms with Crippen LogP contribution in [0.2, 0.25) is 0 Å². The van der Waals surface area contributed by atoms with Crippen molar-refractivity contribution < 1.29 is 0 Å². The van der Waals surface area contributed by atoms with Crippen LogP contribution in [0.5, 0.6) is 0 Å². The summed E-state index contributed by atoms with van der Waals surface area (Å²) in [5.41, 5.74) is 8.23. The Morgan fingerprint density at radius 1 is 1.22 bits per heavy atom. The molecule has 0 saturated carbocycles.